The summed E-state index contributed by atoms with van der Waals surface area (Å²) in [4.78, 5) is 11.8. The van der Waals surface area contributed by atoms with Gasteiger partial charge in [0.25, 0.3) is 0 Å². The van der Waals surface area contributed by atoms with Crippen molar-refractivity contribution in [3.63, 3.8) is 0 Å². The van der Waals surface area contributed by atoms with Crippen molar-refractivity contribution in [1.29, 1.82) is 0 Å². The molecule has 2 rings (SSSR count). The van der Waals surface area contributed by atoms with E-state index < -0.39 is 0 Å². The lowest BCUT2D eigenvalue weighted by Gasteiger charge is -2.28. The minimum absolute atomic E-state index is 0.0191. The van der Waals surface area contributed by atoms with Crippen molar-refractivity contribution in [2.75, 3.05) is 19.6 Å². The van der Waals surface area contributed by atoms with Gasteiger partial charge in [0.05, 0.1) is 0 Å². The van der Waals surface area contributed by atoms with Gasteiger partial charge >= 0.3 is 0 Å². The summed E-state index contributed by atoms with van der Waals surface area (Å²) in [5.74, 6) is 0.704. The van der Waals surface area contributed by atoms with E-state index in [4.69, 9.17) is 0 Å². The number of hydrogen-bond acceptors (Lipinski definition) is 2. The van der Waals surface area contributed by atoms with E-state index >= 15 is 0 Å². The van der Waals surface area contributed by atoms with Crippen LogP contribution in [-0.4, -0.2) is 25.5 Å². The van der Waals surface area contributed by atoms with Crippen LogP contribution in [0.15, 0.2) is 30.3 Å². The highest BCUT2D eigenvalue weighted by Gasteiger charge is 2.23. The number of carbonyl (C=O) groups excluding carboxylic acids is 1. The first-order valence-corrected chi connectivity index (χ1v) is 6.61. The van der Waals surface area contributed by atoms with Gasteiger partial charge in [-0.15, -0.1) is 0 Å². The van der Waals surface area contributed by atoms with E-state index in [2.05, 4.69) is 36.6 Å². The lowest BCUT2D eigenvalue weighted by atomic mass is 9.84. The van der Waals surface area contributed by atoms with Gasteiger partial charge in [0.2, 0.25) is 5.91 Å². The predicted octanol–water partition coefficient (Wildman–Crippen LogP) is 1.69. The molecule has 0 aliphatic carbocycles. The van der Waals surface area contributed by atoms with E-state index in [1.165, 1.54) is 5.56 Å². The van der Waals surface area contributed by atoms with Gasteiger partial charge in [0.15, 0.2) is 0 Å². The lowest BCUT2D eigenvalue weighted by Crippen LogP contribution is -2.45. The molecule has 3 nitrogen and oxygen atoms in total. The number of amides is 1. The summed E-state index contributed by atoms with van der Waals surface area (Å²) in [6, 6.07) is 10.3. The maximum atomic E-state index is 11.8. The van der Waals surface area contributed by atoms with Crippen LogP contribution in [0.3, 0.4) is 0 Å². The van der Waals surface area contributed by atoms with Crippen molar-refractivity contribution < 1.29 is 4.79 Å². The first kappa shape index (κ1) is 13.1. The number of rotatable bonds is 5. The monoisotopic (exact) mass is 246 g/mol. The van der Waals surface area contributed by atoms with Crippen molar-refractivity contribution in [3.05, 3.63) is 35.9 Å². The molecule has 1 aromatic carbocycles. The minimum atomic E-state index is -0.0191. The molecular weight excluding hydrogens is 224 g/mol. The molecule has 1 heterocycles. The van der Waals surface area contributed by atoms with Gasteiger partial charge in [-0.2, -0.15) is 0 Å². The van der Waals surface area contributed by atoms with Gasteiger partial charge in [0, 0.05) is 18.4 Å². The van der Waals surface area contributed by atoms with Crippen LogP contribution in [-0.2, 0) is 10.2 Å². The molecule has 0 unspecified atom stereocenters. The Bertz CT molecular complexity index is 396. The normalized spacial score (nSPS) is 16.1. The highest BCUT2D eigenvalue weighted by atomic mass is 16.1. The van der Waals surface area contributed by atoms with E-state index in [1.807, 2.05) is 18.2 Å². The molecule has 98 valence electrons. The smallest absolute Gasteiger partial charge is 0.220 e. The molecule has 3 heteroatoms. The molecule has 1 fully saturated rings. The van der Waals surface area contributed by atoms with Crippen molar-refractivity contribution in [3.8, 4) is 0 Å². The molecule has 0 spiro atoms. The van der Waals surface area contributed by atoms with Crippen LogP contribution in [0.5, 0.6) is 0 Å². The molecule has 0 bridgehead atoms. The summed E-state index contributed by atoms with van der Waals surface area (Å²) in [7, 11) is 0. The fourth-order valence-electron chi connectivity index (χ4n) is 2.14. The zero-order valence-electron chi connectivity index (χ0n) is 11.2. The molecule has 1 aromatic rings. The maximum Gasteiger partial charge on any atom is 0.220 e. The lowest BCUT2D eigenvalue weighted by molar-refractivity contribution is -0.122. The van der Waals surface area contributed by atoms with Crippen molar-refractivity contribution in [1.82, 2.24) is 10.6 Å². The molecule has 0 aromatic heterocycles. The Labute approximate surface area is 109 Å². The summed E-state index contributed by atoms with van der Waals surface area (Å²) in [5, 5.41) is 6.24. The Kier molecular flexibility index (Phi) is 4.02. The number of benzene rings is 1. The number of carbonyl (C=O) groups is 1. The molecule has 1 saturated heterocycles. The van der Waals surface area contributed by atoms with E-state index in [1.54, 1.807) is 0 Å². The Morgan fingerprint density at radius 2 is 2.00 bits per heavy atom. The van der Waals surface area contributed by atoms with E-state index in [-0.39, 0.29) is 11.3 Å². The van der Waals surface area contributed by atoms with Gasteiger partial charge in [-0.05, 0) is 24.6 Å². The summed E-state index contributed by atoms with van der Waals surface area (Å²) < 4.78 is 0. The third-order valence-corrected chi connectivity index (χ3v) is 3.62. The Morgan fingerprint density at radius 3 is 2.56 bits per heavy atom. The average molecular weight is 246 g/mol. The zero-order valence-corrected chi connectivity index (χ0v) is 11.2. The third kappa shape index (κ3) is 3.33. The summed E-state index contributed by atoms with van der Waals surface area (Å²) in [5.41, 5.74) is 1.24. The quantitative estimate of drug-likeness (QED) is 0.830. The Morgan fingerprint density at radius 1 is 1.33 bits per heavy atom. The largest absolute Gasteiger partial charge is 0.355 e. The highest BCUT2D eigenvalue weighted by molar-refractivity contribution is 5.76. The van der Waals surface area contributed by atoms with Crippen LogP contribution in [0.2, 0.25) is 0 Å². The van der Waals surface area contributed by atoms with E-state index in [9.17, 15) is 4.79 Å². The maximum absolute atomic E-state index is 11.8. The Balaban J connectivity index is 1.82. The zero-order chi connectivity index (χ0) is 13.0. The van der Waals surface area contributed by atoms with Gasteiger partial charge in [-0.1, -0.05) is 44.2 Å². The second-order valence-corrected chi connectivity index (χ2v) is 5.76. The van der Waals surface area contributed by atoms with Crippen molar-refractivity contribution in [2.24, 2.45) is 5.92 Å². The second-order valence-electron chi connectivity index (χ2n) is 5.76. The first-order valence-electron chi connectivity index (χ1n) is 6.61. The third-order valence-electron chi connectivity index (χ3n) is 3.62. The van der Waals surface area contributed by atoms with Gasteiger partial charge in [0.1, 0.15) is 0 Å². The standard InChI is InChI=1S/C15H22N2O/c1-15(2,13-6-4-3-5-7-13)11-17-14(18)8-12-9-16-10-12/h3-7,12,16H,8-11H2,1-2H3,(H,17,18). The SMILES string of the molecule is CC(C)(CNC(=O)CC1CNC1)c1ccccc1. The highest BCUT2D eigenvalue weighted by Crippen LogP contribution is 2.21. The summed E-state index contributed by atoms with van der Waals surface area (Å²) >= 11 is 0. The molecule has 0 saturated carbocycles. The predicted molar refractivity (Wildman–Crippen MR) is 73.5 cm³/mol. The van der Waals surface area contributed by atoms with Gasteiger partial charge in [-0.3, -0.25) is 4.79 Å². The van der Waals surface area contributed by atoms with Crippen molar-refractivity contribution >= 4 is 5.91 Å². The summed E-state index contributed by atoms with van der Waals surface area (Å²) in [6.07, 6.45) is 0.651. The van der Waals surface area contributed by atoms with Crippen LogP contribution < -0.4 is 10.6 Å². The van der Waals surface area contributed by atoms with E-state index in [0.717, 1.165) is 13.1 Å². The second kappa shape index (κ2) is 5.53. The average Bonchev–Trinajstić information content (AvgIpc) is 2.33. The van der Waals surface area contributed by atoms with Crippen LogP contribution in [0, 0.1) is 5.92 Å². The molecule has 18 heavy (non-hydrogen) atoms. The molecule has 0 atom stereocenters. The number of hydrogen-bond donors (Lipinski definition) is 2. The summed E-state index contributed by atoms with van der Waals surface area (Å²) in [6.45, 7) is 6.97. The topological polar surface area (TPSA) is 41.1 Å². The fourth-order valence-corrected chi connectivity index (χ4v) is 2.14. The van der Waals surface area contributed by atoms with Gasteiger partial charge in [-0.25, -0.2) is 0 Å². The first-order chi connectivity index (χ1) is 8.58. The molecule has 1 amide bonds. The molecular formula is C15H22N2O. The fraction of sp³-hybridized carbons (Fsp3) is 0.533. The molecule has 0 radical (unpaired) electrons. The van der Waals surface area contributed by atoms with Crippen LogP contribution in [0.1, 0.15) is 25.8 Å². The van der Waals surface area contributed by atoms with Crippen LogP contribution in [0.25, 0.3) is 0 Å². The van der Waals surface area contributed by atoms with Crippen LogP contribution >= 0.6 is 0 Å². The van der Waals surface area contributed by atoms with E-state index in [0.29, 0.717) is 18.9 Å². The molecule has 1 aliphatic heterocycles. The Hall–Kier alpha value is -1.35. The van der Waals surface area contributed by atoms with Gasteiger partial charge < -0.3 is 10.6 Å². The number of nitrogens with one attached hydrogen (secondary N) is 2. The van der Waals surface area contributed by atoms with Crippen molar-refractivity contribution in [2.45, 2.75) is 25.7 Å². The minimum Gasteiger partial charge on any atom is -0.355 e. The molecule has 1 aliphatic rings. The molecule has 2 N–H and O–H groups in total. The van der Waals surface area contributed by atoms with Crippen LogP contribution in [0.4, 0.5) is 0 Å².